The molecule has 0 bridgehead atoms. The number of hydrogen-bond acceptors (Lipinski definition) is 4. The van der Waals surface area contributed by atoms with Crippen molar-refractivity contribution in [2.75, 3.05) is 26.2 Å². The van der Waals surface area contributed by atoms with Gasteiger partial charge in [-0.25, -0.2) is 8.42 Å². The molecule has 1 aliphatic rings. The number of nitrogens with zero attached hydrogens (tertiary/aromatic N) is 2. The minimum Gasteiger partial charge on any atom is -0.480 e. The number of benzene rings is 2. The Labute approximate surface area is 178 Å². The van der Waals surface area contributed by atoms with E-state index in [0.717, 1.165) is 0 Å². The third-order valence-electron chi connectivity index (χ3n) is 4.48. The van der Waals surface area contributed by atoms with Crippen LogP contribution in [0.3, 0.4) is 0 Å². The van der Waals surface area contributed by atoms with Crippen LogP contribution in [0.15, 0.2) is 57.9 Å². The van der Waals surface area contributed by atoms with Crippen molar-refractivity contribution in [2.24, 2.45) is 0 Å². The molecular weight excluding hydrogens is 468 g/mol. The Bertz CT molecular complexity index is 948. The average molecular weight is 488 g/mol. The monoisotopic (exact) mass is 486 g/mol. The number of amides is 1. The van der Waals surface area contributed by atoms with Gasteiger partial charge in [-0.2, -0.15) is 4.31 Å². The van der Waals surface area contributed by atoms with Crippen LogP contribution in [0.1, 0.15) is 6.92 Å². The summed E-state index contributed by atoms with van der Waals surface area (Å²) in [6.07, 6.45) is -0.699. The van der Waals surface area contributed by atoms with E-state index in [9.17, 15) is 13.2 Å². The van der Waals surface area contributed by atoms with Crippen LogP contribution in [-0.4, -0.2) is 55.8 Å². The average Bonchev–Trinajstić information content (AvgIpc) is 2.70. The molecule has 1 unspecified atom stereocenters. The molecule has 0 aliphatic carbocycles. The van der Waals surface area contributed by atoms with Gasteiger partial charge in [0.25, 0.3) is 5.91 Å². The molecule has 1 heterocycles. The molecule has 1 saturated heterocycles. The zero-order valence-corrected chi connectivity index (χ0v) is 18.4. The van der Waals surface area contributed by atoms with Gasteiger partial charge in [0.2, 0.25) is 10.0 Å². The molecule has 6 nitrogen and oxygen atoms in total. The number of piperazine rings is 1. The van der Waals surface area contributed by atoms with Crippen LogP contribution in [0.2, 0.25) is 5.02 Å². The van der Waals surface area contributed by atoms with Gasteiger partial charge in [0.15, 0.2) is 6.10 Å². The molecule has 1 atom stereocenters. The van der Waals surface area contributed by atoms with Crippen molar-refractivity contribution >= 4 is 43.5 Å². The number of carbonyl (C=O) groups is 1. The number of sulfonamides is 1. The molecule has 150 valence electrons. The summed E-state index contributed by atoms with van der Waals surface area (Å²) in [6.45, 7) is 2.82. The van der Waals surface area contributed by atoms with Gasteiger partial charge in [-0.15, -0.1) is 0 Å². The molecular formula is C19H20BrClN2O4S. The van der Waals surface area contributed by atoms with Crippen molar-refractivity contribution in [2.45, 2.75) is 17.9 Å². The Morgan fingerprint density at radius 2 is 1.75 bits per heavy atom. The highest BCUT2D eigenvalue weighted by atomic mass is 79.9. The number of ether oxygens (including phenoxy) is 1. The Morgan fingerprint density at radius 1 is 1.11 bits per heavy atom. The molecule has 0 radical (unpaired) electrons. The van der Waals surface area contributed by atoms with E-state index in [1.807, 2.05) is 0 Å². The van der Waals surface area contributed by atoms with Crippen molar-refractivity contribution < 1.29 is 17.9 Å². The molecule has 28 heavy (non-hydrogen) atoms. The Balaban J connectivity index is 1.60. The van der Waals surface area contributed by atoms with Crippen molar-refractivity contribution in [3.8, 4) is 5.75 Å². The van der Waals surface area contributed by atoms with Crippen LogP contribution in [0, 0.1) is 0 Å². The van der Waals surface area contributed by atoms with E-state index in [-0.39, 0.29) is 23.9 Å². The highest BCUT2D eigenvalue weighted by Crippen LogP contribution is 2.29. The zero-order chi connectivity index (χ0) is 20.3. The summed E-state index contributed by atoms with van der Waals surface area (Å²) < 4.78 is 33.2. The van der Waals surface area contributed by atoms with Gasteiger partial charge in [0, 0.05) is 31.2 Å². The van der Waals surface area contributed by atoms with Crippen LogP contribution in [-0.2, 0) is 14.8 Å². The Morgan fingerprint density at radius 3 is 2.36 bits per heavy atom. The fraction of sp³-hybridized carbons (Fsp3) is 0.316. The maximum Gasteiger partial charge on any atom is 0.263 e. The van der Waals surface area contributed by atoms with E-state index in [1.54, 1.807) is 60.4 Å². The van der Waals surface area contributed by atoms with Crippen LogP contribution in [0.4, 0.5) is 0 Å². The van der Waals surface area contributed by atoms with Gasteiger partial charge >= 0.3 is 0 Å². The summed E-state index contributed by atoms with van der Waals surface area (Å²) in [6, 6.07) is 13.4. The molecule has 2 aromatic rings. The summed E-state index contributed by atoms with van der Waals surface area (Å²) in [5.41, 5.74) is 0. The lowest BCUT2D eigenvalue weighted by atomic mass is 10.2. The lowest BCUT2D eigenvalue weighted by Crippen LogP contribution is -2.53. The van der Waals surface area contributed by atoms with Crippen LogP contribution >= 0.6 is 27.5 Å². The quantitative estimate of drug-likeness (QED) is 0.648. The van der Waals surface area contributed by atoms with Gasteiger partial charge in [-0.3, -0.25) is 4.79 Å². The highest BCUT2D eigenvalue weighted by molar-refractivity contribution is 9.10. The largest absolute Gasteiger partial charge is 0.480 e. The van der Waals surface area contributed by atoms with Crippen LogP contribution in [0.25, 0.3) is 0 Å². The lowest BCUT2D eigenvalue weighted by molar-refractivity contribution is -0.139. The summed E-state index contributed by atoms with van der Waals surface area (Å²) in [5, 5.41) is 0.564. The van der Waals surface area contributed by atoms with E-state index in [0.29, 0.717) is 28.3 Å². The van der Waals surface area contributed by atoms with E-state index < -0.39 is 16.1 Å². The second-order valence-electron chi connectivity index (χ2n) is 6.38. The van der Waals surface area contributed by atoms with Gasteiger partial charge in [0.05, 0.1) is 9.37 Å². The van der Waals surface area contributed by atoms with Crippen molar-refractivity contribution in [1.82, 2.24) is 9.21 Å². The van der Waals surface area contributed by atoms with Crippen LogP contribution in [0.5, 0.6) is 5.75 Å². The third-order valence-corrected chi connectivity index (χ3v) is 7.24. The summed E-state index contributed by atoms with van der Waals surface area (Å²) in [7, 11) is -3.54. The van der Waals surface area contributed by atoms with Gasteiger partial charge < -0.3 is 9.64 Å². The van der Waals surface area contributed by atoms with E-state index in [1.165, 1.54) is 4.31 Å². The number of carbonyl (C=O) groups excluding carboxylic acids is 1. The minimum atomic E-state index is -3.54. The first-order valence-electron chi connectivity index (χ1n) is 8.75. The summed E-state index contributed by atoms with van der Waals surface area (Å²) in [4.78, 5) is 14.6. The number of halogens is 2. The minimum absolute atomic E-state index is 0.182. The van der Waals surface area contributed by atoms with Gasteiger partial charge in [-0.05, 0) is 53.2 Å². The first-order valence-corrected chi connectivity index (χ1v) is 11.4. The number of rotatable bonds is 5. The maximum absolute atomic E-state index is 12.7. The van der Waals surface area contributed by atoms with E-state index in [2.05, 4.69) is 15.9 Å². The molecule has 0 N–H and O–H groups in total. The van der Waals surface area contributed by atoms with Gasteiger partial charge in [-0.1, -0.05) is 29.8 Å². The molecule has 2 aromatic carbocycles. The zero-order valence-electron chi connectivity index (χ0n) is 15.2. The van der Waals surface area contributed by atoms with Gasteiger partial charge in [0.1, 0.15) is 5.75 Å². The van der Waals surface area contributed by atoms with E-state index >= 15 is 0 Å². The normalized spacial score (nSPS) is 16.6. The molecule has 1 aliphatic heterocycles. The summed E-state index contributed by atoms with van der Waals surface area (Å²) >= 11 is 9.28. The molecule has 1 amide bonds. The fourth-order valence-electron chi connectivity index (χ4n) is 2.96. The maximum atomic E-state index is 12.7. The highest BCUT2D eigenvalue weighted by Gasteiger charge is 2.32. The topological polar surface area (TPSA) is 66.9 Å². The van der Waals surface area contributed by atoms with Crippen LogP contribution < -0.4 is 4.74 Å². The molecule has 3 rings (SSSR count). The molecule has 0 aromatic heterocycles. The molecule has 0 spiro atoms. The fourth-order valence-corrected chi connectivity index (χ4v) is 5.18. The SMILES string of the molecule is CC(Oc1ccc(Cl)cc1Br)C(=O)N1CCN(S(=O)(=O)c2ccccc2)CC1. The second kappa shape index (κ2) is 8.82. The van der Waals surface area contributed by atoms with Crippen molar-refractivity contribution in [3.05, 3.63) is 58.0 Å². The molecule has 9 heteroatoms. The van der Waals surface area contributed by atoms with Crippen molar-refractivity contribution in [1.29, 1.82) is 0 Å². The predicted octanol–water partition coefficient (Wildman–Crippen LogP) is 3.40. The standard InChI is InChI=1S/C19H20BrClN2O4S/c1-14(27-18-8-7-15(21)13-17(18)20)19(24)22-9-11-23(12-10-22)28(25,26)16-5-3-2-4-6-16/h2-8,13-14H,9-12H2,1H3. The van der Waals surface area contributed by atoms with Crippen molar-refractivity contribution in [3.63, 3.8) is 0 Å². The second-order valence-corrected chi connectivity index (χ2v) is 9.61. The Kier molecular flexibility index (Phi) is 6.65. The summed E-state index contributed by atoms with van der Waals surface area (Å²) in [5.74, 6) is 0.342. The Hall–Kier alpha value is -1.61. The smallest absolute Gasteiger partial charge is 0.263 e. The molecule has 0 saturated carbocycles. The lowest BCUT2D eigenvalue weighted by Gasteiger charge is -2.35. The van der Waals surface area contributed by atoms with E-state index in [4.69, 9.17) is 16.3 Å². The first kappa shape index (κ1) is 21.1. The number of hydrogen-bond donors (Lipinski definition) is 0. The first-order chi connectivity index (χ1) is 13.3. The predicted molar refractivity (Wildman–Crippen MR) is 111 cm³/mol. The molecule has 1 fully saturated rings. The third kappa shape index (κ3) is 4.68.